The molecule has 1 saturated heterocycles. The molecule has 134 valence electrons. The lowest BCUT2D eigenvalue weighted by molar-refractivity contribution is 0.170. The van der Waals surface area contributed by atoms with Gasteiger partial charge in [-0.05, 0) is 61.9 Å². The highest BCUT2D eigenvalue weighted by atomic mass is 16.5. The highest BCUT2D eigenvalue weighted by Gasteiger charge is 2.15. The van der Waals surface area contributed by atoms with E-state index >= 15 is 0 Å². The monoisotopic (exact) mass is 338 g/mol. The number of aryl methyl sites for hydroxylation is 1. The lowest BCUT2D eigenvalue weighted by Gasteiger charge is -2.30. The molecule has 0 bridgehead atoms. The van der Waals surface area contributed by atoms with Crippen LogP contribution in [0.25, 0.3) is 11.1 Å². The maximum absolute atomic E-state index is 5.93. The van der Waals surface area contributed by atoms with Crippen molar-refractivity contribution >= 4 is 0 Å². The van der Waals surface area contributed by atoms with E-state index in [0.717, 1.165) is 43.4 Å². The SMILES string of the molecule is CCc1ncccc1-c1ccc(OCCCN2CCC[C@H](C)C2)cc1. The van der Waals surface area contributed by atoms with Gasteiger partial charge in [0.15, 0.2) is 0 Å². The van der Waals surface area contributed by atoms with Crippen LogP contribution in [-0.2, 0) is 6.42 Å². The van der Waals surface area contributed by atoms with Gasteiger partial charge in [-0.25, -0.2) is 0 Å². The van der Waals surface area contributed by atoms with Gasteiger partial charge in [0, 0.05) is 30.5 Å². The summed E-state index contributed by atoms with van der Waals surface area (Å²) in [6.45, 7) is 8.95. The molecule has 0 unspecified atom stereocenters. The van der Waals surface area contributed by atoms with E-state index < -0.39 is 0 Å². The standard InChI is InChI=1S/C22H30N2O/c1-3-22-21(8-4-13-23-22)19-9-11-20(12-10-19)25-16-6-15-24-14-5-7-18(2)17-24/h4,8-13,18H,3,5-7,14-17H2,1-2H3/t18-/m0/s1. The average molecular weight is 338 g/mol. The summed E-state index contributed by atoms with van der Waals surface area (Å²) in [4.78, 5) is 7.05. The van der Waals surface area contributed by atoms with Crippen LogP contribution in [0.4, 0.5) is 0 Å². The second kappa shape index (κ2) is 9.00. The fourth-order valence-electron chi connectivity index (χ4n) is 3.68. The average Bonchev–Trinajstić information content (AvgIpc) is 2.66. The van der Waals surface area contributed by atoms with Gasteiger partial charge in [-0.3, -0.25) is 4.98 Å². The molecular formula is C22H30N2O. The van der Waals surface area contributed by atoms with Crippen LogP contribution < -0.4 is 4.74 Å². The van der Waals surface area contributed by atoms with Crippen molar-refractivity contribution in [2.45, 2.75) is 39.5 Å². The van der Waals surface area contributed by atoms with E-state index in [4.69, 9.17) is 4.74 Å². The minimum absolute atomic E-state index is 0.789. The highest BCUT2D eigenvalue weighted by molar-refractivity contribution is 5.66. The Balaban J connectivity index is 1.48. The lowest BCUT2D eigenvalue weighted by atomic mass is 10.0. The Bertz CT molecular complexity index is 653. The molecule has 25 heavy (non-hydrogen) atoms. The maximum Gasteiger partial charge on any atom is 0.119 e. The Morgan fingerprint density at radius 2 is 2.04 bits per heavy atom. The van der Waals surface area contributed by atoms with Gasteiger partial charge in [0.1, 0.15) is 5.75 Å². The molecule has 0 amide bonds. The van der Waals surface area contributed by atoms with Crippen molar-refractivity contribution in [1.29, 1.82) is 0 Å². The zero-order chi connectivity index (χ0) is 17.5. The Kier molecular flexibility index (Phi) is 6.46. The summed E-state index contributed by atoms with van der Waals surface area (Å²) in [6, 6.07) is 12.6. The fourth-order valence-corrected chi connectivity index (χ4v) is 3.68. The summed E-state index contributed by atoms with van der Waals surface area (Å²) in [6.07, 6.45) is 6.64. The largest absolute Gasteiger partial charge is 0.494 e. The number of nitrogens with zero attached hydrogens (tertiary/aromatic N) is 2. The Labute approximate surface area is 152 Å². The summed E-state index contributed by atoms with van der Waals surface area (Å²) in [5, 5.41) is 0. The van der Waals surface area contributed by atoms with Gasteiger partial charge in [-0.1, -0.05) is 32.0 Å². The number of benzene rings is 1. The predicted octanol–water partition coefficient (Wildman–Crippen LogP) is 4.81. The van der Waals surface area contributed by atoms with Crippen LogP contribution in [0, 0.1) is 5.92 Å². The minimum atomic E-state index is 0.789. The molecule has 0 N–H and O–H groups in total. The van der Waals surface area contributed by atoms with Gasteiger partial charge in [0.2, 0.25) is 0 Å². The Morgan fingerprint density at radius 3 is 2.80 bits per heavy atom. The molecule has 3 rings (SSSR count). The molecular weight excluding hydrogens is 308 g/mol. The van der Waals surface area contributed by atoms with Gasteiger partial charge >= 0.3 is 0 Å². The molecule has 2 aromatic rings. The van der Waals surface area contributed by atoms with Crippen LogP contribution in [-0.4, -0.2) is 36.1 Å². The van der Waals surface area contributed by atoms with E-state index in [1.54, 1.807) is 0 Å². The van der Waals surface area contributed by atoms with Gasteiger partial charge in [0.05, 0.1) is 6.61 Å². The number of rotatable bonds is 7. The van der Waals surface area contributed by atoms with Crippen molar-refractivity contribution in [2.75, 3.05) is 26.2 Å². The summed E-state index contributed by atoms with van der Waals surface area (Å²) in [5.74, 6) is 1.81. The minimum Gasteiger partial charge on any atom is -0.494 e. The number of ether oxygens (including phenoxy) is 1. The van der Waals surface area contributed by atoms with E-state index in [1.807, 2.05) is 12.3 Å². The Morgan fingerprint density at radius 1 is 1.20 bits per heavy atom. The van der Waals surface area contributed by atoms with Crippen molar-refractivity contribution in [2.24, 2.45) is 5.92 Å². The van der Waals surface area contributed by atoms with Crippen molar-refractivity contribution in [3.63, 3.8) is 0 Å². The van der Waals surface area contributed by atoms with Gasteiger partial charge in [0.25, 0.3) is 0 Å². The second-order valence-corrected chi connectivity index (χ2v) is 7.13. The predicted molar refractivity (Wildman–Crippen MR) is 104 cm³/mol. The van der Waals surface area contributed by atoms with E-state index in [2.05, 4.69) is 54.1 Å². The molecule has 0 radical (unpaired) electrons. The van der Waals surface area contributed by atoms with Crippen molar-refractivity contribution in [1.82, 2.24) is 9.88 Å². The first kappa shape index (κ1) is 17.9. The number of pyridine rings is 1. The lowest BCUT2D eigenvalue weighted by Crippen LogP contribution is -2.35. The van der Waals surface area contributed by atoms with Crippen LogP contribution in [0.2, 0.25) is 0 Å². The highest BCUT2D eigenvalue weighted by Crippen LogP contribution is 2.25. The summed E-state index contributed by atoms with van der Waals surface area (Å²) in [5.41, 5.74) is 3.57. The first-order chi connectivity index (χ1) is 12.3. The van der Waals surface area contributed by atoms with E-state index in [9.17, 15) is 0 Å². The van der Waals surface area contributed by atoms with Crippen LogP contribution in [0.1, 0.15) is 38.8 Å². The number of likely N-dealkylation sites (tertiary alicyclic amines) is 1. The van der Waals surface area contributed by atoms with Crippen LogP contribution in [0.15, 0.2) is 42.6 Å². The molecule has 0 saturated carbocycles. The normalized spacial score (nSPS) is 18.2. The third-order valence-electron chi connectivity index (χ3n) is 5.02. The van der Waals surface area contributed by atoms with Crippen molar-refractivity contribution in [3.8, 4) is 16.9 Å². The molecule has 1 aromatic carbocycles. The molecule has 3 nitrogen and oxygen atoms in total. The maximum atomic E-state index is 5.93. The van der Waals surface area contributed by atoms with Gasteiger partial charge < -0.3 is 9.64 Å². The zero-order valence-corrected chi connectivity index (χ0v) is 15.6. The number of hydrogen-bond donors (Lipinski definition) is 0. The number of hydrogen-bond acceptors (Lipinski definition) is 3. The fraction of sp³-hybridized carbons (Fsp3) is 0.500. The molecule has 1 atom stereocenters. The van der Waals surface area contributed by atoms with E-state index in [-0.39, 0.29) is 0 Å². The molecule has 3 heteroatoms. The van der Waals surface area contributed by atoms with Crippen molar-refractivity contribution in [3.05, 3.63) is 48.3 Å². The zero-order valence-electron chi connectivity index (χ0n) is 15.6. The molecule has 0 aliphatic carbocycles. The smallest absolute Gasteiger partial charge is 0.119 e. The number of piperidine rings is 1. The summed E-state index contributed by atoms with van der Waals surface area (Å²) in [7, 11) is 0. The molecule has 1 aromatic heterocycles. The molecule has 1 aliphatic heterocycles. The summed E-state index contributed by atoms with van der Waals surface area (Å²) >= 11 is 0. The van der Waals surface area contributed by atoms with Crippen LogP contribution in [0.5, 0.6) is 5.75 Å². The van der Waals surface area contributed by atoms with E-state index in [1.165, 1.54) is 37.1 Å². The van der Waals surface area contributed by atoms with Crippen molar-refractivity contribution < 1.29 is 4.74 Å². The van der Waals surface area contributed by atoms with Gasteiger partial charge in [-0.15, -0.1) is 0 Å². The molecule has 0 spiro atoms. The number of aromatic nitrogens is 1. The molecule has 1 aliphatic rings. The van der Waals surface area contributed by atoms with E-state index in [0.29, 0.717) is 0 Å². The Hall–Kier alpha value is -1.87. The van der Waals surface area contributed by atoms with Gasteiger partial charge in [-0.2, -0.15) is 0 Å². The quantitative estimate of drug-likeness (QED) is 0.677. The second-order valence-electron chi connectivity index (χ2n) is 7.13. The van der Waals surface area contributed by atoms with Crippen LogP contribution in [0.3, 0.4) is 0 Å². The molecule has 1 fully saturated rings. The third kappa shape index (κ3) is 5.05. The van der Waals surface area contributed by atoms with Crippen LogP contribution >= 0.6 is 0 Å². The molecule has 2 heterocycles. The third-order valence-corrected chi connectivity index (χ3v) is 5.02. The first-order valence-electron chi connectivity index (χ1n) is 9.65. The topological polar surface area (TPSA) is 25.4 Å². The summed E-state index contributed by atoms with van der Waals surface area (Å²) < 4.78 is 5.93. The first-order valence-corrected chi connectivity index (χ1v) is 9.65.